The van der Waals surface area contributed by atoms with Crippen molar-refractivity contribution < 1.29 is 45.8 Å². The first kappa shape index (κ1) is 38.1. The zero-order chi connectivity index (χ0) is 31.3. The molecule has 1 rings (SSSR count). The van der Waals surface area contributed by atoms with E-state index in [4.69, 9.17) is 14.2 Å². The van der Waals surface area contributed by atoms with Gasteiger partial charge >= 0.3 is 142 Å². The quantitative estimate of drug-likeness (QED) is 0.107. The second kappa shape index (κ2) is 17.4. The number of nitrogens with one attached hydrogen (secondary N) is 2. The normalized spacial score (nSPS) is 12.9. The number of ketones is 1. The molecule has 0 saturated heterocycles. The van der Waals surface area contributed by atoms with E-state index in [1.54, 1.807) is 6.92 Å². The number of Topliss-reactive ketones (excluding diaryl/α,β-unsaturated/α-hetero) is 1. The number of nitrogens with zero attached hydrogens (tertiary/aromatic N) is 3. The van der Waals surface area contributed by atoms with Gasteiger partial charge in [0.2, 0.25) is 11.8 Å². The Labute approximate surface area is 265 Å². The summed E-state index contributed by atoms with van der Waals surface area (Å²) in [7, 11) is 0. The van der Waals surface area contributed by atoms with E-state index in [2.05, 4.69) is 67.3 Å². The Kier molecular flexibility index (Phi) is 16.2. The number of halogens is 2. The Hall–Kier alpha value is -0.910. The summed E-state index contributed by atoms with van der Waals surface area (Å²) in [4.78, 5) is 35.9. The molecular formula is C28H50I2N5O6-. The molecule has 0 bridgehead atoms. The van der Waals surface area contributed by atoms with Crippen molar-refractivity contribution in [3.05, 3.63) is 11.9 Å². The summed E-state index contributed by atoms with van der Waals surface area (Å²) < 4.78 is 19.4. The molecule has 0 aromatic carbocycles. The minimum absolute atomic E-state index is 0.0321. The van der Waals surface area contributed by atoms with Crippen LogP contribution in [0.3, 0.4) is 0 Å². The van der Waals surface area contributed by atoms with Crippen molar-refractivity contribution in [1.82, 2.24) is 25.6 Å². The molecule has 0 aliphatic heterocycles. The van der Waals surface area contributed by atoms with E-state index in [0.29, 0.717) is 44.9 Å². The van der Waals surface area contributed by atoms with Gasteiger partial charge in [0.1, 0.15) is 5.78 Å². The van der Waals surface area contributed by atoms with Gasteiger partial charge in [0.15, 0.2) is 0 Å². The van der Waals surface area contributed by atoms with E-state index in [0.717, 1.165) is 6.42 Å². The molecule has 1 heterocycles. The molecule has 0 atom stereocenters. The predicted molar refractivity (Wildman–Crippen MR) is 162 cm³/mol. The average molecular weight is 807 g/mol. The number of amides is 2. The molecule has 11 nitrogen and oxygen atoms in total. The molecule has 0 aliphatic carbocycles. The summed E-state index contributed by atoms with van der Waals surface area (Å²) in [5, 5.41) is 13.8. The van der Waals surface area contributed by atoms with Gasteiger partial charge in [0.25, 0.3) is 0 Å². The van der Waals surface area contributed by atoms with Gasteiger partial charge in [-0.2, -0.15) is 0 Å². The van der Waals surface area contributed by atoms with Crippen LogP contribution in [0.1, 0.15) is 93.7 Å². The third-order valence-corrected chi connectivity index (χ3v) is 14.8. The van der Waals surface area contributed by atoms with E-state index in [9.17, 15) is 14.4 Å². The molecule has 1 aromatic rings. The number of ether oxygens (including phenoxy) is 3. The predicted octanol–water partition coefficient (Wildman–Crippen LogP) is 0.925. The SMILES string of the molecule is CC(=O)C(C)(C)CCOC(C)(C)CCC(=O)NCC(=O)NCCOCc1cn(C(C)(C)CCOC(C)(C)[I-]I)nn1. The van der Waals surface area contributed by atoms with Crippen molar-refractivity contribution in [2.75, 3.05) is 32.9 Å². The monoisotopic (exact) mass is 806 g/mol. The van der Waals surface area contributed by atoms with Crippen LogP contribution in [0, 0.1) is 5.41 Å². The number of aromatic nitrogens is 3. The number of hydrogen-bond acceptors (Lipinski definition) is 8. The van der Waals surface area contributed by atoms with Crippen LogP contribution in [0.15, 0.2) is 6.20 Å². The summed E-state index contributed by atoms with van der Waals surface area (Å²) in [5.74, 6) is -0.377. The number of carbonyl (C=O) groups is 3. The maximum atomic E-state index is 12.2. The molecule has 0 unspecified atom stereocenters. The van der Waals surface area contributed by atoms with Gasteiger partial charge in [-0.05, 0) is 33.6 Å². The van der Waals surface area contributed by atoms with Gasteiger partial charge in [-0.25, -0.2) is 0 Å². The Bertz CT molecular complexity index is 981. The summed E-state index contributed by atoms with van der Waals surface area (Å²) in [6, 6.07) is 0. The van der Waals surface area contributed by atoms with Crippen LogP contribution >= 0.6 is 18.6 Å². The first-order chi connectivity index (χ1) is 18.9. The van der Waals surface area contributed by atoms with Gasteiger partial charge in [-0.15, -0.1) is 0 Å². The zero-order valence-electron chi connectivity index (χ0n) is 26.2. The second-order valence-electron chi connectivity index (χ2n) is 12.5. The first-order valence-electron chi connectivity index (χ1n) is 14.0. The van der Waals surface area contributed by atoms with Crippen molar-refractivity contribution in [2.45, 2.75) is 109 Å². The third kappa shape index (κ3) is 15.9. The number of rotatable bonds is 21. The van der Waals surface area contributed by atoms with Gasteiger partial charge in [-0.3, -0.25) is 14.4 Å². The summed E-state index contributed by atoms with van der Waals surface area (Å²) in [6.45, 7) is 19.6. The van der Waals surface area contributed by atoms with Crippen molar-refractivity contribution in [2.24, 2.45) is 5.41 Å². The third-order valence-electron chi connectivity index (χ3n) is 6.88. The van der Waals surface area contributed by atoms with Gasteiger partial charge in [0.05, 0.1) is 12.1 Å². The molecular weight excluding hydrogens is 756 g/mol. The number of carbonyl (C=O) groups excluding carboxylic acids is 3. The molecule has 0 radical (unpaired) electrons. The zero-order valence-corrected chi connectivity index (χ0v) is 30.5. The van der Waals surface area contributed by atoms with Crippen molar-refractivity contribution in [1.29, 1.82) is 0 Å². The minimum atomic E-state index is -0.508. The van der Waals surface area contributed by atoms with Crippen LogP contribution in [0.25, 0.3) is 0 Å². The Morgan fingerprint density at radius 1 is 0.927 bits per heavy atom. The summed E-state index contributed by atoms with van der Waals surface area (Å²) >= 11 is 2.41. The van der Waals surface area contributed by atoms with Gasteiger partial charge in [0, 0.05) is 18.4 Å². The van der Waals surface area contributed by atoms with E-state index in [1.165, 1.54) is 0 Å². The number of hydrogen-bond donors (Lipinski definition) is 2. The topological polar surface area (TPSA) is 134 Å². The molecule has 2 N–H and O–H groups in total. The van der Waals surface area contributed by atoms with E-state index in [1.807, 2.05) is 38.6 Å². The van der Waals surface area contributed by atoms with Gasteiger partial charge < -0.3 is 15.4 Å². The fourth-order valence-corrected chi connectivity index (χ4v) is 4.48. The molecule has 2 amide bonds. The Balaban J connectivity index is 2.23. The Morgan fingerprint density at radius 3 is 2.22 bits per heavy atom. The fourth-order valence-electron chi connectivity index (χ4n) is 3.35. The van der Waals surface area contributed by atoms with Crippen LogP contribution in [-0.2, 0) is 40.7 Å². The molecule has 13 heteroatoms. The summed E-state index contributed by atoms with van der Waals surface area (Å²) in [6.07, 6.45) is 4.05. The van der Waals surface area contributed by atoms with Crippen LogP contribution in [0.5, 0.6) is 0 Å². The van der Waals surface area contributed by atoms with Crippen molar-refractivity contribution >= 4 is 36.2 Å². The maximum absolute atomic E-state index is 12.2. The Morgan fingerprint density at radius 2 is 1.59 bits per heavy atom. The molecule has 1 aromatic heterocycles. The average Bonchev–Trinajstić information content (AvgIpc) is 3.35. The standard InChI is InChI=1S/C28H50I2N5O6/c1-21(36)25(2,3)12-15-40-27(6,7)11-10-23(37)32-18-24(38)31-14-17-39-20-22-19-35(34-33-22)26(4,5)13-16-41-28(8,9)30-29/h19H,10-18,20H2,1-9H3,(H,31,38)(H,32,37)/q-1. The molecule has 0 spiro atoms. The van der Waals surface area contributed by atoms with Crippen LogP contribution < -0.4 is 27.9 Å². The molecule has 0 fully saturated rings. The fraction of sp³-hybridized carbons (Fsp3) is 0.821. The van der Waals surface area contributed by atoms with Crippen LogP contribution in [0.2, 0.25) is 0 Å². The van der Waals surface area contributed by atoms with Crippen LogP contribution in [-0.4, -0.2) is 74.7 Å². The van der Waals surface area contributed by atoms with E-state index >= 15 is 0 Å². The van der Waals surface area contributed by atoms with E-state index < -0.39 is 11.0 Å². The first-order valence-corrected chi connectivity index (χ1v) is 21.3. The summed E-state index contributed by atoms with van der Waals surface area (Å²) in [5.41, 5.74) is -0.457. The van der Waals surface area contributed by atoms with Gasteiger partial charge in [-0.1, -0.05) is 13.8 Å². The second-order valence-corrected chi connectivity index (χ2v) is 18.2. The molecule has 0 aliphatic rings. The molecule has 238 valence electrons. The van der Waals surface area contributed by atoms with E-state index in [-0.39, 0.29) is 63.5 Å². The van der Waals surface area contributed by atoms with Crippen LogP contribution in [0.4, 0.5) is 0 Å². The molecule has 41 heavy (non-hydrogen) atoms. The van der Waals surface area contributed by atoms with Crippen molar-refractivity contribution in [3.8, 4) is 0 Å². The number of alkyl halides is 1. The van der Waals surface area contributed by atoms with Crippen molar-refractivity contribution in [3.63, 3.8) is 0 Å². The molecule has 0 saturated carbocycles.